The summed E-state index contributed by atoms with van der Waals surface area (Å²) in [6.07, 6.45) is 9.06. The number of aliphatic hydroxyl groups excluding tert-OH is 2. The molecule has 12 heteroatoms. The van der Waals surface area contributed by atoms with E-state index in [-0.39, 0.29) is 96.8 Å². The summed E-state index contributed by atoms with van der Waals surface area (Å²) in [5.41, 5.74) is 5.53. The molecule has 4 fully saturated rings. The molecular formula is C52H62N6O6. The first kappa shape index (κ1) is 43.5. The predicted octanol–water partition coefficient (Wildman–Crippen LogP) is 6.70. The third-order valence-corrected chi connectivity index (χ3v) is 15.0. The van der Waals surface area contributed by atoms with E-state index in [1.165, 1.54) is 0 Å². The molecule has 6 aliphatic rings. The van der Waals surface area contributed by atoms with Crippen LogP contribution in [0.25, 0.3) is 0 Å². The van der Waals surface area contributed by atoms with Gasteiger partial charge < -0.3 is 41.3 Å². The monoisotopic (exact) mass is 866 g/mol. The molecule has 4 aromatic carbocycles. The number of nitrogens with zero attached hydrogens (tertiary/aromatic N) is 2. The zero-order valence-corrected chi connectivity index (χ0v) is 36.5. The van der Waals surface area contributed by atoms with Gasteiger partial charge in [-0.1, -0.05) is 98.5 Å². The van der Waals surface area contributed by atoms with Crippen molar-refractivity contribution in [2.24, 2.45) is 23.7 Å². The molecule has 4 aromatic rings. The van der Waals surface area contributed by atoms with Gasteiger partial charge in [0.25, 0.3) is 11.8 Å². The standard InChI is InChI=1S/2C26H31N3O3/c2*30-16-23-19-14-15-29(24(19)18-10-4-6-12-21(18)27-23)26(32)20-11-5-7-13-22(20)28-25(31)17-8-2-1-3-9-17/h2*1-4,6,8-10,12,19-20,22-24,27,30H,5,7,11,13-16H2,(H,28,31)/t19-,20+,22-,23+,24+;19-,20-,22+,23+,24+/m10/s1. The van der Waals surface area contributed by atoms with E-state index in [2.05, 4.69) is 33.4 Å². The molecule has 0 unspecified atom stereocenters. The van der Waals surface area contributed by atoms with E-state index in [0.717, 1.165) is 86.7 Å². The average molecular weight is 867 g/mol. The van der Waals surface area contributed by atoms with Crippen LogP contribution in [0.4, 0.5) is 11.4 Å². The second-order valence-electron chi connectivity index (χ2n) is 18.6. The largest absolute Gasteiger partial charge is 0.394 e. The number of carbonyl (C=O) groups excluding carboxylic acids is 4. The van der Waals surface area contributed by atoms with Crippen molar-refractivity contribution in [2.45, 2.75) is 100 Å². The summed E-state index contributed by atoms with van der Waals surface area (Å²) in [5, 5.41) is 33.2. The van der Waals surface area contributed by atoms with Gasteiger partial charge in [-0.15, -0.1) is 0 Å². The van der Waals surface area contributed by atoms with Crippen molar-refractivity contribution < 1.29 is 29.4 Å². The van der Waals surface area contributed by atoms with Gasteiger partial charge in [0.15, 0.2) is 0 Å². The van der Waals surface area contributed by atoms with Crippen molar-refractivity contribution in [3.63, 3.8) is 0 Å². The maximum absolute atomic E-state index is 13.9. The molecule has 2 saturated heterocycles. The predicted molar refractivity (Wildman–Crippen MR) is 246 cm³/mol. The number of hydrogen-bond donors (Lipinski definition) is 6. The number of amides is 4. The van der Waals surface area contributed by atoms with Crippen LogP contribution in [0.5, 0.6) is 0 Å². The Morgan fingerprint density at radius 1 is 0.500 bits per heavy atom. The van der Waals surface area contributed by atoms with Gasteiger partial charge in [-0.2, -0.15) is 0 Å². The van der Waals surface area contributed by atoms with Crippen LogP contribution in [0.2, 0.25) is 0 Å². The molecule has 10 rings (SSSR count). The lowest BCUT2D eigenvalue weighted by Crippen LogP contribution is -2.50. The molecule has 4 aliphatic heterocycles. The van der Waals surface area contributed by atoms with Gasteiger partial charge in [0, 0.05) is 59.5 Å². The Kier molecular flexibility index (Phi) is 13.3. The molecule has 0 radical (unpaired) electrons. The maximum Gasteiger partial charge on any atom is 0.251 e. The first-order chi connectivity index (χ1) is 31.3. The third-order valence-electron chi connectivity index (χ3n) is 15.0. The number of aliphatic hydroxyl groups is 2. The highest BCUT2D eigenvalue weighted by Gasteiger charge is 2.49. The number of likely N-dealkylation sites (tertiary alicyclic amines) is 2. The minimum absolute atomic E-state index is 0.0236. The van der Waals surface area contributed by atoms with Crippen molar-refractivity contribution in [3.8, 4) is 0 Å². The fraction of sp³-hybridized carbons (Fsp3) is 0.462. The normalized spacial score (nSPS) is 28.9. The molecule has 10 atom stereocenters. The van der Waals surface area contributed by atoms with Crippen molar-refractivity contribution in [2.75, 3.05) is 36.9 Å². The highest BCUT2D eigenvalue weighted by Crippen LogP contribution is 2.49. The van der Waals surface area contributed by atoms with E-state index in [1.54, 1.807) is 24.3 Å². The number of fused-ring (bicyclic) bond motifs is 6. The molecule has 4 amide bonds. The van der Waals surface area contributed by atoms with Gasteiger partial charge in [0.1, 0.15) is 0 Å². The Bertz CT molecular complexity index is 2120. The van der Waals surface area contributed by atoms with E-state index in [0.29, 0.717) is 24.2 Å². The van der Waals surface area contributed by atoms with E-state index >= 15 is 0 Å². The highest BCUT2D eigenvalue weighted by molar-refractivity contribution is 5.95. The van der Waals surface area contributed by atoms with Crippen LogP contribution in [0.3, 0.4) is 0 Å². The lowest BCUT2D eigenvalue weighted by Gasteiger charge is -2.41. The van der Waals surface area contributed by atoms with Crippen LogP contribution < -0.4 is 21.3 Å². The molecule has 0 aromatic heterocycles. The minimum Gasteiger partial charge on any atom is -0.394 e. The highest BCUT2D eigenvalue weighted by atomic mass is 16.3. The molecule has 0 bridgehead atoms. The number of anilines is 2. The average Bonchev–Trinajstić information content (AvgIpc) is 4.01. The van der Waals surface area contributed by atoms with E-state index in [1.807, 2.05) is 82.6 Å². The second-order valence-corrected chi connectivity index (χ2v) is 18.6. The number of hydrogen-bond acceptors (Lipinski definition) is 8. The molecule has 12 nitrogen and oxygen atoms in total. The fourth-order valence-corrected chi connectivity index (χ4v) is 11.8. The van der Waals surface area contributed by atoms with Crippen molar-refractivity contribution >= 4 is 35.0 Å². The smallest absolute Gasteiger partial charge is 0.251 e. The number of carbonyl (C=O) groups is 4. The zero-order valence-electron chi connectivity index (χ0n) is 36.5. The number of rotatable bonds is 8. The minimum atomic E-state index is -0.204. The SMILES string of the molecule is O=C(N[C@@H]1CCCC[C@@H]1C(=O)N1CC[C@@H]2[C@H](CO)Nc3ccccc3[C@@H]21)c1ccccc1.O=C(N[C@@H]1CCCC[C@@H]1C(=O)N1CC[C@@H]2[C@H]1c1ccccc1N[C@@H]2CO)c1ccccc1. The Labute approximate surface area is 376 Å². The lowest BCUT2D eigenvalue weighted by molar-refractivity contribution is -0.139. The third kappa shape index (κ3) is 8.74. The zero-order chi connectivity index (χ0) is 44.2. The summed E-state index contributed by atoms with van der Waals surface area (Å²) in [6.45, 7) is 1.49. The summed E-state index contributed by atoms with van der Waals surface area (Å²) in [6, 6.07) is 34.2. The van der Waals surface area contributed by atoms with Crippen molar-refractivity contribution in [3.05, 3.63) is 131 Å². The quantitative estimate of drug-likeness (QED) is 0.114. The molecule has 336 valence electrons. The van der Waals surface area contributed by atoms with Gasteiger partial charge in [0.2, 0.25) is 11.8 Å². The van der Waals surface area contributed by atoms with Crippen LogP contribution in [0.1, 0.15) is 108 Å². The topological polar surface area (TPSA) is 163 Å². The number of benzene rings is 4. The van der Waals surface area contributed by atoms with Gasteiger partial charge in [-0.05, 0) is 86.1 Å². The molecule has 6 N–H and O–H groups in total. The Morgan fingerprint density at radius 2 is 0.875 bits per heavy atom. The summed E-state index contributed by atoms with van der Waals surface area (Å²) < 4.78 is 0. The Morgan fingerprint density at radius 3 is 1.28 bits per heavy atom. The van der Waals surface area contributed by atoms with Gasteiger partial charge in [-0.25, -0.2) is 0 Å². The van der Waals surface area contributed by atoms with E-state index < -0.39 is 0 Å². The van der Waals surface area contributed by atoms with Crippen LogP contribution >= 0.6 is 0 Å². The second kappa shape index (κ2) is 19.6. The van der Waals surface area contributed by atoms with Gasteiger partial charge in [-0.3, -0.25) is 19.2 Å². The van der Waals surface area contributed by atoms with Crippen molar-refractivity contribution in [1.29, 1.82) is 0 Å². The van der Waals surface area contributed by atoms with E-state index in [4.69, 9.17) is 0 Å². The molecule has 0 spiro atoms. The van der Waals surface area contributed by atoms with Gasteiger partial charge >= 0.3 is 0 Å². The molecule has 2 saturated carbocycles. The molecule has 4 heterocycles. The van der Waals surface area contributed by atoms with Crippen LogP contribution in [-0.4, -0.2) is 94.1 Å². The Hall–Kier alpha value is -5.72. The van der Waals surface area contributed by atoms with Crippen molar-refractivity contribution in [1.82, 2.24) is 20.4 Å². The number of nitrogens with one attached hydrogen (secondary N) is 4. The summed E-state index contributed by atoms with van der Waals surface area (Å²) in [7, 11) is 0. The van der Waals surface area contributed by atoms with E-state index in [9.17, 15) is 29.4 Å². The lowest BCUT2D eigenvalue weighted by atomic mass is 9.81. The summed E-state index contributed by atoms with van der Waals surface area (Å²) >= 11 is 0. The molecule has 64 heavy (non-hydrogen) atoms. The van der Waals surface area contributed by atoms with Crippen LogP contribution in [-0.2, 0) is 9.59 Å². The first-order valence-electron chi connectivity index (χ1n) is 23.6. The summed E-state index contributed by atoms with van der Waals surface area (Å²) in [4.78, 5) is 57.4. The first-order valence-corrected chi connectivity index (χ1v) is 23.6. The maximum atomic E-state index is 13.9. The van der Waals surface area contributed by atoms with Crippen LogP contribution in [0.15, 0.2) is 109 Å². The molecule has 2 aliphatic carbocycles. The summed E-state index contributed by atoms with van der Waals surface area (Å²) in [5.74, 6) is 0.0476. The molecular weight excluding hydrogens is 805 g/mol. The number of para-hydroxylation sites is 2. The van der Waals surface area contributed by atoms with Gasteiger partial charge in [0.05, 0.1) is 49.2 Å². The fourth-order valence-electron chi connectivity index (χ4n) is 11.8. The Balaban J connectivity index is 0.000000162. The van der Waals surface area contributed by atoms with Crippen LogP contribution in [0, 0.1) is 23.7 Å².